The number of nitriles is 1. The van der Waals surface area contributed by atoms with Crippen molar-refractivity contribution in [3.05, 3.63) is 24.3 Å². The van der Waals surface area contributed by atoms with Crippen molar-refractivity contribution in [2.24, 2.45) is 5.92 Å². The molecule has 0 radical (unpaired) electrons. The molecule has 16 heavy (non-hydrogen) atoms. The fourth-order valence-electron chi connectivity index (χ4n) is 1.42. The van der Waals surface area contributed by atoms with Crippen LogP contribution in [-0.2, 0) is 4.79 Å². The molecule has 4 nitrogen and oxygen atoms in total. The molecule has 84 valence electrons. The van der Waals surface area contributed by atoms with Crippen molar-refractivity contribution in [2.45, 2.75) is 13.8 Å². The molecular weight excluding hydrogens is 204 g/mol. The second kappa shape index (κ2) is 5.17. The van der Waals surface area contributed by atoms with Crippen LogP contribution in [0.3, 0.4) is 0 Å². The fourth-order valence-corrected chi connectivity index (χ4v) is 1.42. The SMILES string of the molecule is CCN(C(=O)C(C)C#N)c1cccc(O)c1. The van der Waals surface area contributed by atoms with Crippen LogP contribution in [0.4, 0.5) is 5.69 Å². The Morgan fingerprint density at radius 1 is 1.62 bits per heavy atom. The maximum absolute atomic E-state index is 11.8. The minimum absolute atomic E-state index is 0.105. The van der Waals surface area contributed by atoms with Crippen LogP contribution >= 0.6 is 0 Å². The minimum Gasteiger partial charge on any atom is -0.508 e. The zero-order chi connectivity index (χ0) is 12.1. The molecule has 1 N–H and O–H groups in total. The van der Waals surface area contributed by atoms with Crippen molar-refractivity contribution >= 4 is 11.6 Å². The molecule has 4 heteroatoms. The summed E-state index contributed by atoms with van der Waals surface area (Å²) in [5, 5.41) is 18.0. The summed E-state index contributed by atoms with van der Waals surface area (Å²) < 4.78 is 0. The van der Waals surface area contributed by atoms with Crippen LogP contribution in [0.1, 0.15) is 13.8 Å². The highest BCUT2D eigenvalue weighted by Crippen LogP contribution is 2.21. The van der Waals surface area contributed by atoms with E-state index >= 15 is 0 Å². The zero-order valence-electron chi connectivity index (χ0n) is 9.34. The van der Waals surface area contributed by atoms with Crippen LogP contribution in [0, 0.1) is 17.2 Å². The number of anilines is 1. The summed E-state index contributed by atoms with van der Waals surface area (Å²) in [5.74, 6) is -0.828. The van der Waals surface area contributed by atoms with Gasteiger partial charge in [-0.05, 0) is 26.0 Å². The van der Waals surface area contributed by atoms with Gasteiger partial charge in [0.1, 0.15) is 11.7 Å². The molecule has 1 amide bonds. The molecule has 0 fully saturated rings. The summed E-state index contributed by atoms with van der Waals surface area (Å²) in [7, 11) is 0. The first-order valence-electron chi connectivity index (χ1n) is 5.10. The number of carbonyl (C=O) groups excluding carboxylic acids is 1. The number of aromatic hydroxyl groups is 1. The lowest BCUT2D eigenvalue weighted by atomic mass is 10.1. The Balaban J connectivity index is 3.00. The first kappa shape index (κ1) is 12.1. The van der Waals surface area contributed by atoms with Gasteiger partial charge in [0.15, 0.2) is 0 Å². The van der Waals surface area contributed by atoms with Gasteiger partial charge in [-0.2, -0.15) is 5.26 Å². The van der Waals surface area contributed by atoms with Gasteiger partial charge in [0.25, 0.3) is 0 Å². The third kappa shape index (κ3) is 2.51. The molecule has 0 saturated carbocycles. The second-order valence-corrected chi connectivity index (χ2v) is 3.45. The molecule has 1 aromatic rings. The van der Waals surface area contributed by atoms with Crippen molar-refractivity contribution in [1.29, 1.82) is 5.26 Å². The van der Waals surface area contributed by atoms with E-state index in [2.05, 4.69) is 0 Å². The molecule has 0 saturated heterocycles. The largest absolute Gasteiger partial charge is 0.508 e. The Hall–Kier alpha value is -2.02. The summed E-state index contributed by atoms with van der Waals surface area (Å²) in [6.07, 6.45) is 0. The van der Waals surface area contributed by atoms with Crippen molar-refractivity contribution in [2.75, 3.05) is 11.4 Å². The van der Waals surface area contributed by atoms with Gasteiger partial charge in [-0.25, -0.2) is 0 Å². The molecule has 0 aliphatic rings. The summed E-state index contributed by atoms with van der Waals surface area (Å²) >= 11 is 0. The molecule has 1 atom stereocenters. The van der Waals surface area contributed by atoms with E-state index in [1.54, 1.807) is 19.1 Å². The van der Waals surface area contributed by atoms with E-state index < -0.39 is 5.92 Å². The van der Waals surface area contributed by atoms with E-state index in [0.717, 1.165) is 0 Å². The lowest BCUT2D eigenvalue weighted by Crippen LogP contribution is -2.34. The average Bonchev–Trinajstić information content (AvgIpc) is 2.29. The Morgan fingerprint density at radius 2 is 2.31 bits per heavy atom. The van der Waals surface area contributed by atoms with Crippen LogP contribution in [0.5, 0.6) is 5.75 Å². The highest BCUT2D eigenvalue weighted by atomic mass is 16.3. The third-order valence-corrected chi connectivity index (χ3v) is 2.29. The van der Waals surface area contributed by atoms with Gasteiger partial charge >= 0.3 is 0 Å². The summed E-state index contributed by atoms with van der Waals surface area (Å²) in [6.45, 7) is 3.86. The number of phenolic OH excluding ortho intramolecular Hbond substituents is 1. The molecule has 1 unspecified atom stereocenters. The van der Waals surface area contributed by atoms with E-state index in [1.165, 1.54) is 17.0 Å². The van der Waals surface area contributed by atoms with Gasteiger partial charge in [-0.15, -0.1) is 0 Å². The number of nitrogens with zero attached hydrogens (tertiary/aromatic N) is 2. The summed E-state index contributed by atoms with van der Waals surface area (Å²) in [4.78, 5) is 13.3. The molecule has 0 aliphatic heterocycles. The highest BCUT2D eigenvalue weighted by Gasteiger charge is 2.20. The van der Waals surface area contributed by atoms with Crippen LogP contribution in [0.15, 0.2) is 24.3 Å². The van der Waals surface area contributed by atoms with Crippen LogP contribution < -0.4 is 4.90 Å². The Morgan fingerprint density at radius 3 is 2.81 bits per heavy atom. The number of phenols is 1. The van der Waals surface area contributed by atoms with Crippen LogP contribution in [0.2, 0.25) is 0 Å². The number of carbonyl (C=O) groups is 1. The van der Waals surface area contributed by atoms with Gasteiger partial charge < -0.3 is 10.0 Å². The number of hydrogen-bond donors (Lipinski definition) is 1. The quantitative estimate of drug-likeness (QED) is 0.842. The van der Waals surface area contributed by atoms with E-state index in [9.17, 15) is 9.90 Å². The molecule has 0 aromatic heterocycles. The number of rotatable bonds is 3. The minimum atomic E-state index is -0.678. The summed E-state index contributed by atoms with van der Waals surface area (Å²) in [6, 6.07) is 8.34. The lowest BCUT2D eigenvalue weighted by molar-refractivity contribution is -0.120. The topological polar surface area (TPSA) is 64.3 Å². The summed E-state index contributed by atoms with van der Waals surface area (Å²) in [5.41, 5.74) is 0.606. The smallest absolute Gasteiger partial charge is 0.244 e. The molecule has 0 heterocycles. The first-order valence-corrected chi connectivity index (χ1v) is 5.10. The first-order chi connectivity index (χ1) is 7.60. The predicted molar refractivity (Wildman–Crippen MR) is 60.9 cm³/mol. The Bertz CT molecular complexity index is 423. The van der Waals surface area contributed by atoms with Crippen molar-refractivity contribution in [3.8, 4) is 11.8 Å². The Kier molecular flexibility index (Phi) is 3.90. The fraction of sp³-hybridized carbons (Fsp3) is 0.333. The van der Waals surface area contributed by atoms with E-state index in [1.807, 2.05) is 13.0 Å². The Labute approximate surface area is 94.7 Å². The standard InChI is InChI=1S/C12H14N2O2/c1-3-14(12(16)9(2)8-13)10-5-4-6-11(15)7-10/h4-7,9,15H,3H2,1-2H3. The zero-order valence-corrected chi connectivity index (χ0v) is 9.34. The number of amides is 1. The van der Waals surface area contributed by atoms with Crippen LogP contribution in [-0.4, -0.2) is 17.6 Å². The molecule has 1 rings (SSSR count). The van der Waals surface area contributed by atoms with Crippen molar-refractivity contribution in [3.63, 3.8) is 0 Å². The van der Waals surface area contributed by atoms with Crippen LogP contribution in [0.25, 0.3) is 0 Å². The molecule has 0 spiro atoms. The van der Waals surface area contributed by atoms with E-state index in [-0.39, 0.29) is 11.7 Å². The highest BCUT2D eigenvalue weighted by molar-refractivity contribution is 5.96. The maximum Gasteiger partial charge on any atom is 0.244 e. The van der Waals surface area contributed by atoms with E-state index in [4.69, 9.17) is 5.26 Å². The molecule has 1 aromatic carbocycles. The normalized spacial score (nSPS) is 11.6. The van der Waals surface area contributed by atoms with Gasteiger partial charge in [-0.1, -0.05) is 6.07 Å². The number of hydrogen-bond acceptors (Lipinski definition) is 3. The number of benzene rings is 1. The van der Waals surface area contributed by atoms with Gasteiger partial charge in [0, 0.05) is 18.3 Å². The predicted octanol–water partition coefficient (Wildman–Crippen LogP) is 1.90. The second-order valence-electron chi connectivity index (χ2n) is 3.45. The molecule has 0 aliphatic carbocycles. The van der Waals surface area contributed by atoms with E-state index in [0.29, 0.717) is 12.2 Å². The average molecular weight is 218 g/mol. The monoisotopic (exact) mass is 218 g/mol. The third-order valence-electron chi connectivity index (χ3n) is 2.29. The lowest BCUT2D eigenvalue weighted by Gasteiger charge is -2.22. The van der Waals surface area contributed by atoms with Gasteiger partial charge in [-0.3, -0.25) is 4.79 Å². The molecule has 0 bridgehead atoms. The molecular formula is C12H14N2O2. The van der Waals surface area contributed by atoms with Crippen molar-refractivity contribution < 1.29 is 9.90 Å². The van der Waals surface area contributed by atoms with Crippen molar-refractivity contribution in [1.82, 2.24) is 0 Å². The van der Waals surface area contributed by atoms with Gasteiger partial charge in [0.05, 0.1) is 6.07 Å². The van der Waals surface area contributed by atoms with Gasteiger partial charge in [0.2, 0.25) is 5.91 Å². The maximum atomic E-state index is 11.8.